The topological polar surface area (TPSA) is 64.6 Å². The molecule has 5 nitrogen and oxygen atoms in total. The number of fused-ring (bicyclic) bond motifs is 1. The Bertz CT molecular complexity index is 872. The number of ether oxygens (including phenoxy) is 2. The van der Waals surface area contributed by atoms with Gasteiger partial charge in [0.1, 0.15) is 0 Å². The van der Waals surface area contributed by atoms with Gasteiger partial charge in [0, 0.05) is 19.9 Å². The molecular formula is C17H19NO4S. The maximum atomic E-state index is 12.5. The predicted octanol–water partition coefficient (Wildman–Crippen LogP) is 3.61. The summed E-state index contributed by atoms with van der Waals surface area (Å²) in [6, 6.07) is 10.0. The summed E-state index contributed by atoms with van der Waals surface area (Å²) >= 11 is 0. The van der Waals surface area contributed by atoms with Crippen molar-refractivity contribution in [3.8, 4) is 11.5 Å². The lowest BCUT2D eigenvalue weighted by atomic mass is 10.1. The number of sulfonamides is 1. The van der Waals surface area contributed by atoms with Crippen molar-refractivity contribution in [2.75, 3.05) is 4.72 Å². The second-order valence-corrected chi connectivity index (χ2v) is 7.80. The molecule has 0 saturated heterocycles. The molecule has 0 saturated carbocycles. The highest BCUT2D eigenvalue weighted by Gasteiger charge is 2.31. The summed E-state index contributed by atoms with van der Waals surface area (Å²) in [4.78, 5) is 0.235. The lowest BCUT2D eigenvalue weighted by Crippen LogP contribution is -2.29. The summed E-state index contributed by atoms with van der Waals surface area (Å²) in [5, 5.41) is 0. The van der Waals surface area contributed by atoms with Crippen LogP contribution in [0.4, 0.5) is 5.69 Å². The van der Waals surface area contributed by atoms with Gasteiger partial charge in [0.15, 0.2) is 11.5 Å². The zero-order chi connectivity index (χ0) is 16.8. The lowest BCUT2D eigenvalue weighted by molar-refractivity contribution is -0.0431. The molecule has 1 aliphatic rings. The largest absolute Gasteiger partial charge is 0.449 e. The van der Waals surface area contributed by atoms with Crippen molar-refractivity contribution in [2.24, 2.45) is 0 Å². The van der Waals surface area contributed by atoms with Gasteiger partial charge in [0.05, 0.1) is 10.6 Å². The van der Waals surface area contributed by atoms with E-state index in [0.717, 1.165) is 11.1 Å². The van der Waals surface area contributed by atoms with Crippen LogP contribution in [0.25, 0.3) is 0 Å². The van der Waals surface area contributed by atoms with E-state index in [0.29, 0.717) is 17.2 Å². The summed E-state index contributed by atoms with van der Waals surface area (Å²) in [5.41, 5.74) is 2.41. The van der Waals surface area contributed by atoms with Crippen molar-refractivity contribution in [2.45, 2.75) is 38.4 Å². The fraction of sp³-hybridized carbons (Fsp3) is 0.294. The Balaban J connectivity index is 1.88. The molecule has 0 unspecified atom stereocenters. The van der Waals surface area contributed by atoms with Crippen molar-refractivity contribution in [1.82, 2.24) is 0 Å². The Morgan fingerprint density at radius 2 is 1.61 bits per heavy atom. The fourth-order valence-electron chi connectivity index (χ4n) is 2.38. The van der Waals surface area contributed by atoms with Gasteiger partial charge in [0.2, 0.25) is 5.79 Å². The molecule has 2 aromatic rings. The van der Waals surface area contributed by atoms with Crippen molar-refractivity contribution in [3.63, 3.8) is 0 Å². The van der Waals surface area contributed by atoms with Crippen LogP contribution < -0.4 is 14.2 Å². The van der Waals surface area contributed by atoms with E-state index in [9.17, 15) is 8.42 Å². The van der Waals surface area contributed by atoms with Crippen molar-refractivity contribution < 1.29 is 17.9 Å². The SMILES string of the molecule is Cc1ccc(S(=O)(=O)Nc2ccc3c(c2)OC(C)(C)O3)cc1C. The highest BCUT2D eigenvalue weighted by Crippen LogP contribution is 2.40. The molecule has 6 heteroatoms. The zero-order valence-corrected chi connectivity index (χ0v) is 14.3. The molecule has 2 aromatic carbocycles. The van der Waals surface area contributed by atoms with E-state index in [1.54, 1.807) is 50.2 Å². The van der Waals surface area contributed by atoms with Crippen LogP contribution in [0.2, 0.25) is 0 Å². The monoisotopic (exact) mass is 333 g/mol. The van der Waals surface area contributed by atoms with Gasteiger partial charge in [-0.15, -0.1) is 0 Å². The number of hydrogen-bond acceptors (Lipinski definition) is 4. The quantitative estimate of drug-likeness (QED) is 0.932. The summed E-state index contributed by atoms with van der Waals surface area (Å²) in [6.07, 6.45) is 0. The second-order valence-electron chi connectivity index (χ2n) is 6.12. The van der Waals surface area contributed by atoms with Crippen LogP contribution in [-0.2, 0) is 10.0 Å². The number of aryl methyl sites for hydroxylation is 2. The third-order valence-corrected chi connectivity index (χ3v) is 5.08. The minimum atomic E-state index is -3.65. The van der Waals surface area contributed by atoms with Gasteiger partial charge in [-0.2, -0.15) is 0 Å². The van der Waals surface area contributed by atoms with Crippen LogP contribution in [0.1, 0.15) is 25.0 Å². The first-order valence-electron chi connectivity index (χ1n) is 7.28. The summed E-state index contributed by atoms with van der Waals surface area (Å²) < 4.78 is 38.8. The molecule has 0 atom stereocenters. The number of rotatable bonds is 3. The average Bonchev–Trinajstić information content (AvgIpc) is 2.74. The van der Waals surface area contributed by atoms with Gasteiger partial charge in [-0.05, 0) is 49.2 Å². The van der Waals surface area contributed by atoms with Gasteiger partial charge in [-0.3, -0.25) is 4.72 Å². The highest BCUT2D eigenvalue weighted by atomic mass is 32.2. The van der Waals surface area contributed by atoms with Crippen molar-refractivity contribution in [3.05, 3.63) is 47.5 Å². The molecule has 0 radical (unpaired) electrons. The Morgan fingerprint density at radius 1 is 0.913 bits per heavy atom. The number of benzene rings is 2. The van der Waals surface area contributed by atoms with Gasteiger partial charge < -0.3 is 9.47 Å². The summed E-state index contributed by atoms with van der Waals surface area (Å²) in [6.45, 7) is 7.42. The molecule has 122 valence electrons. The molecule has 1 aliphatic heterocycles. The maximum absolute atomic E-state index is 12.5. The zero-order valence-electron chi connectivity index (χ0n) is 13.5. The van der Waals surface area contributed by atoms with E-state index in [1.807, 2.05) is 13.8 Å². The standard InChI is InChI=1S/C17H19NO4S/c1-11-5-7-14(9-12(11)2)23(19,20)18-13-6-8-15-16(10-13)22-17(3,4)21-15/h5-10,18H,1-4H3. The van der Waals surface area contributed by atoms with Crippen LogP contribution in [-0.4, -0.2) is 14.2 Å². The Hall–Kier alpha value is -2.21. The Morgan fingerprint density at radius 3 is 2.30 bits per heavy atom. The van der Waals surface area contributed by atoms with Crippen LogP contribution >= 0.6 is 0 Å². The van der Waals surface area contributed by atoms with Crippen LogP contribution in [0.5, 0.6) is 11.5 Å². The lowest BCUT2D eigenvalue weighted by Gasteiger charge is -2.16. The van der Waals surface area contributed by atoms with E-state index in [-0.39, 0.29) is 4.90 Å². The van der Waals surface area contributed by atoms with E-state index >= 15 is 0 Å². The molecule has 0 bridgehead atoms. The molecule has 0 aliphatic carbocycles. The first-order valence-corrected chi connectivity index (χ1v) is 8.77. The number of hydrogen-bond donors (Lipinski definition) is 1. The fourth-order valence-corrected chi connectivity index (χ4v) is 3.52. The summed E-state index contributed by atoms with van der Waals surface area (Å²) in [5.74, 6) is 0.382. The predicted molar refractivity (Wildman–Crippen MR) is 88.5 cm³/mol. The first kappa shape index (κ1) is 15.7. The van der Waals surface area contributed by atoms with E-state index < -0.39 is 15.8 Å². The molecule has 1 N–H and O–H groups in total. The molecule has 23 heavy (non-hydrogen) atoms. The minimum absolute atomic E-state index is 0.235. The maximum Gasteiger partial charge on any atom is 0.261 e. The van der Waals surface area contributed by atoms with E-state index in [1.165, 1.54) is 0 Å². The normalized spacial score (nSPS) is 15.5. The Kier molecular flexibility index (Phi) is 3.52. The second kappa shape index (κ2) is 5.16. The van der Waals surface area contributed by atoms with Crippen molar-refractivity contribution in [1.29, 1.82) is 0 Å². The molecular weight excluding hydrogens is 314 g/mol. The molecule has 1 heterocycles. The van der Waals surface area contributed by atoms with Crippen LogP contribution in [0.3, 0.4) is 0 Å². The van der Waals surface area contributed by atoms with Gasteiger partial charge in [0.25, 0.3) is 10.0 Å². The molecule has 0 fully saturated rings. The Labute approximate surface area is 136 Å². The van der Waals surface area contributed by atoms with E-state index in [2.05, 4.69) is 4.72 Å². The number of nitrogens with one attached hydrogen (secondary N) is 1. The first-order chi connectivity index (χ1) is 10.7. The van der Waals surface area contributed by atoms with Gasteiger partial charge in [-0.25, -0.2) is 8.42 Å². The third kappa shape index (κ3) is 3.12. The molecule has 0 spiro atoms. The van der Waals surface area contributed by atoms with Gasteiger partial charge in [-0.1, -0.05) is 6.07 Å². The molecule has 0 aromatic heterocycles. The third-order valence-electron chi connectivity index (χ3n) is 3.70. The van der Waals surface area contributed by atoms with Crippen molar-refractivity contribution >= 4 is 15.7 Å². The number of anilines is 1. The average molecular weight is 333 g/mol. The molecule has 3 rings (SSSR count). The van der Waals surface area contributed by atoms with Crippen LogP contribution in [0, 0.1) is 13.8 Å². The minimum Gasteiger partial charge on any atom is -0.449 e. The highest BCUT2D eigenvalue weighted by molar-refractivity contribution is 7.92. The summed E-state index contributed by atoms with van der Waals surface area (Å²) in [7, 11) is -3.65. The van der Waals surface area contributed by atoms with E-state index in [4.69, 9.17) is 9.47 Å². The van der Waals surface area contributed by atoms with Gasteiger partial charge >= 0.3 is 0 Å². The van der Waals surface area contributed by atoms with Crippen LogP contribution in [0.15, 0.2) is 41.3 Å². The molecule has 0 amide bonds. The smallest absolute Gasteiger partial charge is 0.261 e.